The van der Waals surface area contributed by atoms with E-state index in [1.165, 1.54) is 11.3 Å². The molecule has 0 radical (unpaired) electrons. The largest absolute Gasteiger partial charge is 0.309 e. The molecule has 0 fully saturated rings. The lowest BCUT2D eigenvalue weighted by Crippen LogP contribution is -2.26. The number of thiophene rings is 2. The third kappa shape index (κ3) is 3.71. The summed E-state index contributed by atoms with van der Waals surface area (Å²) in [5.41, 5.74) is 1.95. The summed E-state index contributed by atoms with van der Waals surface area (Å²) in [7, 11) is 0. The highest BCUT2D eigenvalue weighted by molar-refractivity contribution is 7.18. The number of nitrogens with zero attached hydrogens (tertiary/aromatic N) is 1. The van der Waals surface area contributed by atoms with Gasteiger partial charge in [-0.3, -0.25) is 4.79 Å². The summed E-state index contributed by atoms with van der Waals surface area (Å²) >= 11 is 9.22. The Bertz CT molecular complexity index is 1130. The van der Waals surface area contributed by atoms with E-state index in [0.717, 1.165) is 20.8 Å². The summed E-state index contributed by atoms with van der Waals surface area (Å²) in [6, 6.07) is 11.7. The van der Waals surface area contributed by atoms with Crippen LogP contribution in [0.2, 0.25) is 5.02 Å². The van der Waals surface area contributed by atoms with E-state index in [0.29, 0.717) is 16.2 Å². The molecule has 4 rings (SSSR count). The highest BCUT2D eigenvalue weighted by atomic mass is 35.5. The number of nitrogens with one attached hydrogen (secondary N) is 2. The minimum absolute atomic E-state index is 0.0738. The fourth-order valence-corrected chi connectivity index (χ4v) is 5.08. The number of halogens is 1. The Kier molecular flexibility index (Phi) is 5.14. The van der Waals surface area contributed by atoms with Crippen molar-refractivity contribution < 1.29 is 0 Å². The van der Waals surface area contributed by atoms with E-state index in [1.54, 1.807) is 11.3 Å². The van der Waals surface area contributed by atoms with Crippen LogP contribution in [-0.2, 0) is 0 Å². The highest BCUT2D eigenvalue weighted by Gasteiger charge is 2.18. The van der Waals surface area contributed by atoms with E-state index < -0.39 is 0 Å². The Hall–Kier alpha value is -1.99. The Morgan fingerprint density at radius 1 is 1.15 bits per heavy atom. The number of H-pyrrole nitrogens is 1. The molecule has 0 amide bonds. The molecule has 0 saturated heterocycles. The van der Waals surface area contributed by atoms with Crippen LogP contribution in [0.1, 0.15) is 37.3 Å². The van der Waals surface area contributed by atoms with E-state index in [2.05, 4.69) is 17.2 Å². The number of benzene rings is 1. The van der Waals surface area contributed by atoms with Gasteiger partial charge >= 0.3 is 0 Å². The fourth-order valence-electron chi connectivity index (χ4n) is 3.11. The summed E-state index contributed by atoms with van der Waals surface area (Å²) in [6.07, 6.45) is 0. The lowest BCUT2D eigenvalue weighted by atomic mass is 10.1. The predicted octanol–water partition coefficient (Wildman–Crippen LogP) is 5.78. The van der Waals surface area contributed by atoms with Gasteiger partial charge in [0, 0.05) is 26.9 Å². The summed E-state index contributed by atoms with van der Waals surface area (Å²) in [5.74, 6) is 0.640. The highest BCUT2D eigenvalue weighted by Crippen LogP contribution is 2.33. The van der Waals surface area contributed by atoms with Crippen molar-refractivity contribution in [2.45, 2.75) is 25.9 Å². The van der Waals surface area contributed by atoms with Crippen LogP contribution < -0.4 is 10.9 Å². The molecule has 3 aromatic heterocycles. The molecular formula is C20H18ClN3OS2. The van der Waals surface area contributed by atoms with Gasteiger partial charge in [0.2, 0.25) is 0 Å². The normalized spacial score (nSPS) is 13.7. The van der Waals surface area contributed by atoms with Crippen LogP contribution in [0, 0.1) is 0 Å². The zero-order chi connectivity index (χ0) is 19.0. The molecular weight excluding hydrogens is 398 g/mol. The van der Waals surface area contributed by atoms with Crippen LogP contribution in [-0.4, -0.2) is 9.97 Å². The number of fused-ring (bicyclic) bond motifs is 1. The second-order valence-corrected chi connectivity index (χ2v) is 8.67. The number of rotatable bonds is 5. The van der Waals surface area contributed by atoms with Crippen LogP contribution >= 0.6 is 34.3 Å². The van der Waals surface area contributed by atoms with Crippen LogP contribution in [0.4, 0.5) is 0 Å². The van der Waals surface area contributed by atoms with Gasteiger partial charge < -0.3 is 10.3 Å². The SMILES string of the molecule is C[C@H](N[C@H](C)c1cccc(Cl)c1)c1nc2scc(-c3cccs3)c2c(=O)[nH]1. The van der Waals surface area contributed by atoms with Crippen molar-refractivity contribution in [3.63, 3.8) is 0 Å². The summed E-state index contributed by atoms with van der Waals surface area (Å²) in [6.45, 7) is 4.07. The van der Waals surface area contributed by atoms with Crippen molar-refractivity contribution in [2.75, 3.05) is 0 Å². The zero-order valence-electron chi connectivity index (χ0n) is 14.8. The molecule has 0 spiro atoms. The predicted molar refractivity (Wildman–Crippen MR) is 115 cm³/mol. The van der Waals surface area contributed by atoms with Gasteiger partial charge in [0.25, 0.3) is 5.56 Å². The quantitative estimate of drug-likeness (QED) is 0.434. The molecule has 1 aromatic carbocycles. The molecule has 0 saturated carbocycles. The van der Waals surface area contributed by atoms with Gasteiger partial charge in [-0.15, -0.1) is 22.7 Å². The van der Waals surface area contributed by atoms with Crippen LogP contribution in [0.15, 0.2) is 52.0 Å². The van der Waals surface area contributed by atoms with E-state index in [1.807, 2.05) is 54.1 Å². The minimum atomic E-state index is -0.108. The zero-order valence-corrected chi connectivity index (χ0v) is 17.2. The Morgan fingerprint density at radius 3 is 2.74 bits per heavy atom. The van der Waals surface area contributed by atoms with Crippen molar-refractivity contribution in [1.29, 1.82) is 0 Å². The summed E-state index contributed by atoms with van der Waals surface area (Å²) in [5, 5.41) is 8.88. The van der Waals surface area contributed by atoms with Gasteiger partial charge in [0.05, 0.1) is 11.4 Å². The third-order valence-electron chi connectivity index (χ3n) is 4.51. The number of hydrogen-bond donors (Lipinski definition) is 2. The molecule has 0 aliphatic heterocycles. The monoisotopic (exact) mass is 415 g/mol. The van der Waals surface area contributed by atoms with Gasteiger partial charge in [-0.05, 0) is 43.0 Å². The first-order chi connectivity index (χ1) is 13.0. The van der Waals surface area contributed by atoms with Crippen molar-refractivity contribution in [3.8, 4) is 10.4 Å². The fraction of sp³-hybridized carbons (Fsp3) is 0.200. The Morgan fingerprint density at radius 2 is 2.00 bits per heavy atom. The van der Waals surface area contributed by atoms with E-state index >= 15 is 0 Å². The molecule has 0 bridgehead atoms. The summed E-state index contributed by atoms with van der Waals surface area (Å²) < 4.78 is 0. The molecule has 2 N–H and O–H groups in total. The Balaban J connectivity index is 1.63. The van der Waals surface area contributed by atoms with Gasteiger partial charge in [-0.1, -0.05) is 29.8 Å². The average molecular weight is 416 g/mol. The van der Waals surface area contributed by atoms with Crippen LogP contribution in [0.25, 0.3) is 20.7 Å². The average Bonchev–Trinajstić information content (AvgIpc) is 3.31. The first-order valence-corrected chi connectivity index (χ1v) is 10.7. The van der Waals surface area contributed by atoms with Crippen molar-refractivity contribution in [1.82, 2.24) is 15.3 Å². The van der Waals surface area contributed by atoms with Crippen LogP contribution in [0.5, 0.6) is 0 Å². The molecule has 4 nitrogen and oxygen atoms in total. The molecule has 4 aromatic rings. The maximum absolute atomic E-state index is 12.8. The van der Waals surface area contributed by atoms with Crippen molar-refractivity contribution in [3.05, 3.63) is 73.9 Å². The maximum Gasteiger partial charge on any atom is 0.260 e. The Labute approximate surface area is 169 Å². The number of hydrogen-bond acceptors (Lipinski definition) is 5. The number of aromatic nitrogens is 2. The first-order valence-electron chi connectivity index (χ1n) is 8.59. The maximum atomic E-state index is 12.8. The second-order valence-electron chi connectivity index (χ2n) is 6.42. The lowest BCUT2D eigenvalue weighted by Gasteiger charge is -2.20. The molecule has 138 valence electrons. The smallest absolute Gasteiger partial charge is 0.260 e. The van der Waals surface area contributed by atoms with Crippen molar-refractivity contribution in [2.24, 2.45) is 0 Å². The van der Waals surface area contributed by atoms with Crippen LogP contribution in [0.3, 0.4) is 0 Å². The number of aromatic amines is 1. The van der Waals surface area contributed by atoms with Gasteiger partial charge in [0.15, 0.2) is 0 Å². The lowest BCUT2D eigenvalue weighted by molar-refractivity contribution is 0.477. The minimum Gasteiger partial charge on any atom is -0.309 e. The molecule has 7 heteroatoms. The van der Waals surface area contributed by atoms with Gasteiger partial charge in [-0.2, -0.15) is 0 Å². The molecule has 0 aliphatic rings. The molecule has 0 unspecified atom stereocenters. The van der Waals surface area contributed by atoms with Gasteiger partial charge in [0.1, 0.15) is 10.7 Å². The molecule has 3 heterocycles. The van der Waals surface area contributed by atoms with Crippen molar-refractivity contribution >= 4 is 44.5 Å². The summed E-state index contributed by atoms with van der Waals surface area (Å²) in [4.78, 5) is 22.3. The molecule has 27 heavy (non-hydrogen) atoms. The molecule has 2 atom stereocenters. The van der Waals surface area contributed by atoms with E-state index in [4.69, 9.17) is 16.6 Å². The molecule has 0 aliphatic carbocycles. The van der Waals surface area contributed by atoms with Gasteiger partial charge in [-0.25, -0.2) is 4.98 Å². The third-order valence-corrected chi connectivity index (χ3v) is 6.52. The standard InChI is InChI=1S/C20H18ClN3OS2/c1-11(13-5-3-6-14(21)9-13)22-12(2)18-23-19(25)17-15(10-27-20(17)24-18)16-7-4-8-26-16/h3-12,22H,1-2H3,(H,23,24,25)/t11-,12+/m1/s1. The first kappa shape index (κ1) is 18.4. The van der Waals surface area contributed by atoms with E-state index in [9.17, 15) is 4.79 Å². The second kappa shape index (κ2) is 7.56. The van der Waals surface area contributed by atoms with E-state index in [-0.39, 0.29) is 17.6 Å². The topological polar surface area (TPSA) is 57.8 Å².